The van der Waals surface area contributed by atoms with Crippen LogP contribution in [0.25, 0.3) is 0 Å². The highest BCUT2D eigenvalue weighted by Gasteiger charge is 2.50. The molecule has 3 rings (SSSR count). The van der Waals surface area contributed by atoms with E-state index in [0.29, 0.717) is 16.1 Å². The van der Waals surface area contributed by atoms with Crippen LogP contribution in [0.15, 0.2) is 30.3 Å². The number of hydrogen-bond donors (Lipinski definition) is 1. The van der Waals surface area contributed by atoms with Crippen molar-refractivity contribution < 1.29 is 14.4 Å². The molecule has 1 N–H and O–H groups in total. The van der Waals surface area contributed by atoms with Crippen LogP contribution in [0.3, 0.4) is 0 Å². The van der Waals surface area contributed by atoms with Gasteiger partial charge in [0.05, 0.1) is 6.54 Å². The van der Waals surface area contributed by atoms with Crippen LogP contribution in [0.4, 0.5) is 4.79 Å². The lowest BCUT2D eigenvalue weighted by molar-refractivity contribution is -0.130. The van der Waals surface area contributed by atoms with Crippen molar-refractivity contribution in [2.24, 2.45) is 0 Å². The Kier molecular flexibility index (Phi) is 5.35. The molecule has 0 saturated carbocycles. The number of nitrogens with one attached hydrogen (secondary N) is 1. The molecule has 1 aromatic heterocycles. The van der Waals surface area contributed by atoms with Crippen LogP contribution in [0.5, 0.6) is 0 Å². The molecule has 1 aliphatic heterocycles. The third-order valence-electron chi connectivity index (χ3n) is 5.31. The number of hydrogen-bond acceptors (Lipinski definition) is 3. The van der Waals surface area contributed by atoms with Gasteiger partial charge in [0.15, 0.2) is 5.78 Å². The molecule has 28 heavy (non-hydrogen) atoms. The van der Waals surface area contributed by atoms with Gasteiger partial charge in [-0.1, -0.05) is 36.7 Å². The Hall–Kier alpha value is -2.60. The van der Waals surface area contributed by atoms with E-state index in [1.165, 1.54) is 0 Å². The Morgan fingerprint density at radius 1 is 1.21 bits per heavy atom. The number of urea groups is 1. The fourth-order valence-electron chi connectivity index (χ4n) is 3.77. The van der Waals surface area contributed by atoms with Crippen molar-refractivity contribution >= 4 is 29.3 Å². The Balaban J connectivity index is 1.87. The maximum atomic E-state index is 13.0. The van der Waals surface area contributed by atoms with Crippen LogP contribution in [-0.2, 0) is 16.9 Å². The second kappa shape index (κ2) is 7.43. The van der Waals surface area contributed by atoms with Crippen LogP contribution in [0, 0.1) is 13.8 Å². The van der Waals surface area contributed by atoms with Crippen LogP contribution >= 0.6 is 11.6 Å². The molecule has 1 unspecified atom stereocenters. The van der Waals surface area contributed by atoms with Gasteiger partial charge in [0.2, 0.25) is 0 Å². The molecule has 2 aromatic rings. The summed E-state index contributed by atoms with van der Waals surface area (Å²) in [6, 6.07) is 8.09. The molecule has 1 saturated heterocycles. The lowest BCUT2D eigenvalue weighted by atomic mass is 9.92. The summed E-state index contributed by atoms with van der Waals surface area (Å²) in [6.07, 6.45) is 0.952. The summed E-state index contributed by atoms with van der Waals surface area (Å²) >= 11 is 6.24. The van der Waals surface area contributed by atoms with Gasteiger partial charge in [0.25, 0.3) is 5.91 Å². The van der Waals surface area contributed by atoms with Crippen molar-refractivity contribution in [2.45, 2.75) is 46.2 Å². The molecular weight excluding hydrogens is 378 g/mol. The highest BCUT2D eigenvalue weighted by atomic mass is 35.5. The van der Waals surface area contributed by atoms with E-state index >= 15 is 0 Å². The molecule has 1 fully saturated rings. The minimum absolute atomic E-state index is 0.262. The predicted octanol–water partition coefficient (Wildman–Crippen LogP) is 3.82. The molecule has 1 atom stereocenters. The second-order valence-corrected chi connectivity index (χ2v) is 7.69. The largest absolute Gasteiger partial charge is 0.348 e. The minimum atomic E-state index is -1.30. The summed E-state index contributed by atoms with van der Waals surface area (Å²) in [7, 11) is 0. The van der Waals surface area contributed by atoms with E-state index in [1.807, 2.05) is 19.9 Å². The highest BCUT2D eigenvalue weighted by molar-refractivity contribution is 6.32. The quantitative estimate of drug-likeness (QED) is 0.590. The number of aromatic nitrogens is 1. The van der Waals surface area contributed by atoms with E-state index in [1.54, 1.807) is 31.2 Å². The van der Waals surface area contributed by atoms with E-state index in [9.17, 15) is 14.4 Å². The molecule has 0 radical (unpaired) electrons. The molecule has 1 aromatic carbocycles. The average Bonchev–Trinajstić information content (AvgIpc) is 3.05. The zero-order valence-electron chi connectivity index (χ0n) is 16.5. The molecular formula is C21H24ClN3O3. The molecule has 148 valence electrons. The van der Waals surface area contributed by atoms with Crippen LogP contribution in [-0.4, -0.2) is 33.7 Å². The number of imide groups is 1. The van der Waals surface area contributed by atoms with Gasteiger partial charge in [0, 0.05) is 34.1 Å². The SMILES string of the molecule is CCCn1c(C)cc(C(=O)CN2C(=O)NC(C)(c3ccccc3Cl)C2=O)c1C. The van der Waals surface area contributed by atoms with Crippen molar-refractivity contribution in [3.63, 3.8) is 0 Å². The monoisotopic (exact) mass is 401 g/mol. The zero-order chi connectivity index (χ0) is 20.6. The van der Waals surface area contributed by atoms with Crippen LogP contribution in [0.2, 0.25) is 5.02 Å². The lowest BCUT2D eigenvalue weighted by Crippen LogP contribution is -2.41. The van der Waals surface area contributed by atoms with Crippen molar-refractivity contribution in [1.82, 2.24) is 14.8 Å². The molecule has 6 nitrogen and oxygen atoms in total. The van der Waals surface area contributed by atoms with Gasteiger partial charge in [-0.25, -0.2) is 4.79 Å². The summed E-state index contributed by atoms with van der Waals surface area (Å²) in [4.78, 5) is 39.4. The topological polar surface area (TPSA) is 71.4 Å². The standard InChI is InChI=1S/C21H24ClN3O3/c1-5-10-24-13(2)11-15(14(24)3)18(26)12-25-19(27)21(4,23-20(25)28)16-8-6-7-9-17(16)22/h6-9,11H,5,10,12H2,1-4H3,(H,23,28). The third kappa shape index (κ3) is 3.22. The molecule has 3 amide bonds. The average molecular weight is 402 g/mol. The number of carbonyl (C=O) groups is 3. The van der Waals surface area contributed by atoms with E-state index in [4.69, 9.17) is 11.6 Å². The van der Waals surface area contributed by atoms with Crippen molar-refractivity contribution in [2.75, 3.05) is 6.54 Å². The number of Topliss-reactive ketones (excluding diaryl/α,β-unsaturated/α-hetero) is 1. The van der Waals surface area contributed by atoms with Crippen molar-refractivity contribution in [3.8, 4) is 0 Å². The first kappa shape index (κ1) is 20.1. The van der Waals surface area contributed by atoms with Crippen LogP contribution < -0.4 is 5.32 Å². The van der Waals surface area contributed by atoms with E-state index in [-0.39, 0.29) is 12.3 Å². The Morgan fingerprint density at radius 3 is 2.54 bits per heavy atom. The Morgan fingerprint density at radius 2 is 1.89 bits per heavy atom. The number of amides is 3. The Bertz CT molecular complexity index is 966. The van der Waals surface area contributed by atoms with Gasteiger partial charge < -0.3 is 9.88 Å². The van der Waals surface area contributed by atoms with Gasteiger partial charge in [-0.3, -0.25) is 14.5 Å². The van der Waals surface area contributed by atoms with Crippen LogP contribution in [0.1, 0.15) is 47.6 Å². The summed E-state index contributed by atoms with van der Waals surface area (Å²) in [5.41, 5.74) is 1.59. The summed E-state index contributed by atoms with van der Waals surface area (Å²) < 4.78 is 2.08. The summed E-state index contributed by atoms with van der Waals surface area (Å²) in [5.74, 6) is -0.747. The third-order valence-corrected chi connectivity index (χ3v) is 5.64. The number of nitrogens with zero attached hydrogens (tertiary/aromatic N) is 2. The van der Waals surface area contributed by atoms with E-state index in [2.05, 4.69) is 16.8 Å². The zero-order valence-corrected chi connectivity index (χ0v) is 17.3. The second-order valence-electron chi connectivity index (χ2n) is 7.29. The Labute approximate surface area is 169 Å². The van der Waals surface area contributed by atoms with Crippen molar-refractivity contribution in [3.05, 3.63) is 57.9 Å². The lowest BCUT2D eigenvalue weighted by Gasteiger charge is -2.23. The molecule has 2 heterocycles. The van der Waals surface area contributed by atoms with Crippen molar-refractivity contribution in [1.29, 1.82) is 0 Å². The van der Waals surface area contributed by atoms with Gasteiger partial charge in [-0.15, -0.1) is 0 Å². The van der Waals surface area contributed by atoms with E-state index < -0.39 is 17.5 Å². The first-order valence-electron chi connectivity index (χ1n) is 9.29. The van der Waals surface area contributed by atoms with Gasteiger partial charge in [-0.05, 0) is 39.3 Å². The number of halogens is 1. The first-order chi connectivity index (χ1) is 13.2. The van der Waals surface area contributed by atoms with E-state index in [0.717, 1.165) is 29.3 Å². The van der Waals surface area contributed by atoms with Gasteiger partial charge in [-0.2, -0.15) is 0 Å². The maximum absolute atomic E-state index is 13.0. The van der Waals surface area contributed by atoms with Gasteiger partial charge >= 0.3 is 6.03 Å². The number of ketones is 1. The van der Waals surface area contributed by atoms with Gasteiger partial charge in [0.1, 0.15) is 5.54 Å². The normalized spacial score (nSPS) is 19.2. The fourth-order valence-corrected chi connectivity index (χ4v) is 4.09. The molecule has 0 aliphatic carbocycles. The first-order valence-corrected chi connectivity index (χ1v) is 9.67. The summed E-state index contributed by atoms with van der Waals surface area (Å²) in [5, 5.41) is 3.08. The number of benzene rings is 1. The molecule has 0 spiro atoms. The molecule has 1 aliphatic rings. The predicted molar refractivity (Wildman–Crippen MR) is 108 cm³/mol. The molecule has 0 bridgehead atoms. The minimum Gasteiger partial charge on any atom is -0.348 e. The maximum Gasteiger partial charge on any atom is 0.325 e. The number of aryl methyl sites for hydroxylation is 1. The number of rotatable bonds is 6. The molecule has 7 heteroatoms. The summed E-state index contributed by atoms with van der Waals surface area (Å²) in [6.45, 7) is 8.02. The fraction of sp³-hybridized carbons (Fsp3) is 0.381. The highest BCUT2D eigenvalue weighted by Crippen LogP contribution is 2.33. The smallest absolute Gasteiger partial charge is 0.325 e. The number of carbonyl (C=O) groups excluding carboxylic acids is 3.